The van der Waals surface area contributed by atoms with E-state index in [1.807, 2.05) is 30.3 Å². The van der Waals surface area contributed by atoms with E-state index in [9.17, 15) is 4.79 Å². The first-order valence-electron chi connectivity index (χ1n) is 9.58. The van der Waals surface area contributed by atoms with Crippen molar-refractivity contribution in [3.05, 3.63) is 36.1 Å². The van der Waals surface area contributed by atoms with Gasteiger partial charge < -0.3 is 23.5 Å². The second-order valence-corrected chi connectivity index (χ2v) is 7.00. The van der Waals surface area contributed by atoms with E-state index in [1.54, 1.807) is 13.1 Å². The van der Waals surface area contributed by atoms with Gasteiger partial charge in [0.15, 0.2) is 0 Å². The largest absolute Gasteiger partial charge is 0.465 e. The fraction of sp³-hybridized carbons (Fsp3) is 0.524. The summed E-state index contributed by atoms with van der Waals surface area (Å²) in [5.74, 6) is -0.637. The van der Waals surface area contributed by atoms with E-state index in [0.29, 0.717) is 26.2 Å². The Labute approximate surface area is 164 Å². The van der Waals surface area contributed by atoms with Crippen molar-refractivity contribution >= 4 is 23.2 Å². The van der Waals surface area contributed by atoms with E-state index in [2.05, 4.69) is 5.16 Å². The van der Waals surface area contributed by atoms with Gasteiger partial charge in [0.1, 0.15) is 18.0 Å². The van der Waals surface area contributed by atoms with Crippen molar-refractivity contribution in [1.82, 2.24) is 0 Å². The Morgan fingerprint density at radius 3 is 2.82 bits per heavy atom. The molecule has 0 unspecified atom stereocenters. The molecule has 7 nitrogen and oxygen atoms in total. The number of ether oxygens (including phenoxy) is 3. The molecule has 7 heteroatoms. The van der Waals surface area contributed by atoms with Crippen LogP contribution in [0.4, 0.5) is 0 Å². The van der Waals surface area contributed by atoms with Crippen molar-refractivity contribution in [3.8, 4) is 0 Å². The third-order valence-corrected chi connectivity index (χ3v) is 4.76. The van der Waals surface area contributed by atoms with Gasteiger partial charge in [0.2, 0.25) is 0 Å². The zero-order chi connectivity index (χ0) is 19.8. The highest BCUT2D eigenvalue weighted by Crippen LogP contribution is 2.25. The normalized spacial score (nSPS) is 22.6. The maximum Gasteiger partial charge on any atom is 0.366 e. The highest BCUT2D eigenvalue weighted by atomic mass is 16.7. The Morgan fingerprint density at radius 1 is 1.29 bits per heavy atom. The molecule has 0 amide bonds. The molecule has 2 heterocycles. The summed E-state index contributed by atoms with van der Waals surface area (Å²) in [7, 11) is 1.32. The summed E-state index contributed by atoms with van der Waals surface area (Å²) in [5.41, 5.74) is 0.884. The van der Waals surface area contributed by atoms with Gasteiger partial charge in [-0.1, -0.05) is 23.4 Å². The van der Waals surface area contributed by atoms with Crippen LogP contribution < -0.4 is 0 Å². The Kier molecular flexibility index (Phi) is 7.06. The van der Waals surface area contributed by atoms with Gasteiger partial charge in [-0.3, -0.25) is 0 Å². The Balaban J connectivity index is 1.25. The number of hydrogen-bond donors (Lipinski definition) is 0. The predicted octanol–water partition coefficient (Wildman–Crippen LogP) is 3.70. The molecule has 0 bridgehead atoms. The lowest BCUT2D eigenvalue weighted by molar-refractivity contribution is -0.272. The molecular formula is C21H27NO6. The fourth-order valence-corrected chi connectivity index (χ4v) is 3.08. The monoisotopic (exact) mass is 389 g/mol. The van der Waals surface area contributed by atoms with Crippen molar-refractivity contribution in [2.45, 2.75) is 38.4 Å². The topological polar surface area (TPSA) is 79.5 Å². The molecule has 3 rings (SSSR count). The van der Waals surface area contributed by atoms with Crippen LogP contribution in [0.5, 0.6) is 0 Å². The summed E-state index contributed by atoms with van der Waals surface area (Å²) in [6.45, 7) is 3.13. The van der Waals surface area contributed by atoms with Crippen LogP contribution in [-0.4, -0.2) is 44.9 Å². The molecule has 1 aliphatic heterocycles. The van der Waals surface area contributed by atoms with Gasteiger partial charge in [-0.2, -0.15) is 0 Å². The predicted molar refractivity (Wildman–Crippen MR) is 104 cm³/mol. The summed E-state index contributed by atoms with van der Waals surface area (Å²) in [4.78, 5) is 16.9. The second-order valence-electron chi connectivity index (χ2n) is 7.00. The number of benzene rings is 1. The number of furan rings is 1. The van der Waals surface area contributed by atoms with Crippen molar-refractivity contribution in [1.29, 1.82) is 0 Å². The third-order valence-electron chi connectivity index (χ3n) is 4.76. The van der Waals surface area contributed by atoms with Crippen LogP contribution in [0, 0.1) is 5.92 Å². The smallest absolute Gasteiger partial charge is 0.366 e. The van der Waals surface area contributed by atoms with Crippen LogP contribution in [0.3, 0.4) is 0 Å². The minimum Gasteiger partial charge on any atom is -0.465 e. The molecule has 1 aliphatic rings. The van der Waals surface area contributed by atoms with E-state index >= 15 is 0 Å². The first-order chi connectivity index (χ1) is 13.6. The molecule has 2 aromatic rings. The molecule has 0 radical (unpaired) electrons. The Bertz CT molecular complexity index is 758. The number of hydrogen-bond acceptors (Lipinski definition) is 7. The number of nitrogens with zero attached hydrogens (tertiary/aromatic N) is 1. The first kappa shape index (κ1) is 20.4. The number of fused-ring (bicyclic) bond motifs is 1. The average molecular weight is 389 g/mol. The maximum absolute atomic E-state index is 11.6. The first-order valence-corrected chi connectivity index (χ1v) is 9.58. The maximum atomic E-state index is 11.6. The molecule has 1 aromatic carbocycles. The summed E-state index contributed by atoms with van der Waals surface area (Å²) < 4.78 is 21.5. The fourth-order valence-electron chi connectivity index (χ4n) is 3.08. The lowest BCUT2D eigenvalue weighted by Crippen LogP contribution is -2.48. The van der Waals surface area contributed by atoms with Gasteiger partial charge in [0.05, 0.1) is 26.5 Å². The second kappa shape index (κ2) is 9.71. The molecule has 1 fully saturated rings. The third kappa shape index (κ3) is 5.33. The lowest BCUT2D eigenvalue weighted by atomic mass is 10.0. The van der Waals surface area contributed by atoms with Gasteiger partial charge >= 0.3 is 5.97 Å². The van der Waals surface area contributed by atoms with Crippen molar-refractivity contribution in [2.24, 2.45) is 11.1 Å². The van der Waals surface area contributed by atoms with E-state index < -0.39 is 11.8 Å². The van der Waals surface area contributed by atoms with Gasteiger partial charge in [-0.05, 0) is 31.4 Å². The zero-order valence-electron chi connectivity index (χ0n) is 16.4. The lowest BCUT2D eigenvalue weighted by Gasteiger charge is -2.35. The number of methoxy groups -OCH3 is 1. The quantitative estimate of drug-likeness (QED) is 0.282. The number of unbranched alkanes of at least 4 members (excludes halogenated alkanes) is 1. The number of carbonyl (C=O) groups is 1. The molecule has 0 spiro atoms. The molecule has 1 aromatic heterocycles. The van der Waals surface area contributed by atoms with E-state index in [-0.39, 0.29) is 5.92 Å². The summed E-state index contributed by atoms with van der Waals surface area (Å²) in [6.07, 6.45) is 5.14. The van der Waals surface area contributed by atoms with Gasteiger partial charge in [-0.15, -0.1) is 0 Å². The van der Waals surface area contributed by atoms with Crippen LogP contribution in [0.25, 0.3) is 11.0 Å². The highest BCUT2D eigenvalue weighted by molar-refractivity contribution is 5.78. The minimum absolute atomic E-state index is 0.273. The number of oxime groups is 1. The van der Waals surface area contributed by atoms with E-state index in [1.165, 1.54) is 7.11 Å². The van der Waals surface area contributed by atoms with Crippen LogP contribution in [-0.2, 0) is 30.3 Å². The zero-order valence-corrected chi connectivity index (χ0v) is 16.4. The number of esters is 1. The van der Waals surface area contributed by atoms with Gasteiger partial charge in [0.25, 0.3) is 5.79 Å². The Morgan fingerprint density at radius 2 is 2.07 bits per heavy atom. The van der Waals surface area contributed by atoms with Crippen LogP contribution in [0.2, 0.25) is 0 Å². The number of carbonyl (C=O) groups excluding carboxylic acids is 1. The molecule has 152 valence electrons. The van der Waals surface area contributed by atoms with E-state index in [0.717, 1.165) is 36.0 Å². The molecule has 28 heavy (non-hydrogen) atoms. The standard InChI is InChI=1S/C21H27NO6/c1-21(20(23)24-2)25-14-16(15-26-21)7-5-6-12-27-22-11-10-18-13-17-8-3-4-9-19(17)28-18/h3-4,8-9,11,13,16H,5-7,10,12,14-15H2,1-2H3. The molecule has 0 atom stereocenters. The highest BCUT2D eigenvalue weighted by Gasteiger charge is 2.41. The van der Waals surface area contributed by atoms with Gasteiger partial charge in [0, 0.05) is 24.6 Å². The number of rotatable bonds is 9. The van der Waals surface area contributed by atoms with E-state index in [4.69, 9.17) is 23.5 Å². The average Bonchev–Trinajstić information content (AvgIpc) is 3.13. The summed E-state index contributed by atoms with van der Waals surface area (Å²) in [6, 6.07) is 9.93. The molecule has 0 aliphatic carbocycles. The number of para-hydroxylation sites is 1. The minimum atomic E-state index is -1.27. The molecule has 0 saturated carbocycles. The van der Waals surface area contributed by atoms with Crippen molar-refractivity contribution in [3.63, 3.8) is 0 Å². The van der Waals surface area contributed by atoms with Crippen LogP contribution in [0.15, 0.2) is 39.9 Å². The van der Waals surface area contributed by atoms with Crippen molar-refractivity contribution in [2.75, 3.05) is 26.9 Å². The van der Waals surface area contributed by atoms with Crippen LogP contribution >= 0.6 is 0 Å². The van der Waals surface area contributed by atoms with Crippen LogP contribution in [0.1, 0.15) is 31.9 Å². The SMILES string of the molecule is COC(=O)C1(C)OCC(CCCCON=CCc2cc3ccccc3o2)CO1. The molecule has 0 N–H and O–H groups in total. The van der Waals surface area contributed by atoms with Crippen molar-refractivity contribution < 1.29 is 28.3 Å². The summed E-state index contributed by atoms with van der Waals surface area (Å²) in [5, 5.41) is 5.08. The van der Waals surface area contributed by atoms with Gasteiger partial charge in [-0.25, -0.2) is 4.79 Å². The molecular weight excluding hydrogens is 362 g/mol. The summed E-state index contributed by atoms with van der Waals surface area (Å²) >= 11 is 0. The Hall–Kier alpha value is -2.38. The molecule has 1 saturated heterocycles.